The summed E-state index contributed by atoms with van der Waals surface area (Å²) in [5.41, 5.74) is 4.33. The summed E-state index contributed by atoms with van der Waals surface area (Å²) in [7, 11) is 0. The summed E-state index contributed by atoms with van der Waals surface area (Å²) in [5, 5.41) is 0. The number of esters is 1. The number of carbonyl (C=O) groups is 2. The van der Waals surface area contributed by atoms with Crippen LogP contribution in [0.5, 0.6) is 0 Å². The van der Waals surface area contributed by atoms with Gasteiger partial charge >= 0.3 is 5.97 Å². The van der Waals surface area contributed by atoms with Gasteiger partial charge in [-0.2, -0.15) is 0 Å². The predicted molar refractivity (Wildman–Crippen MR) is 114 cm³/mol. The van der Waals surface area contributed by atoms with Crippen LogP contribution in [0, 0.1) is 17.8 Å². The first-order valence-electron chi connectivity index (χ1n) is 11.8. The number of fused-ring (bicyclic) bond motifs is 3. The molecule has 7 rings (SSSR count). The number of piperidine rings is 3. The molecule has 0 spiro atoms. The number of amides is 1. The zero-order valence-electron chi connectivity index (χ0n) is 17.8. The first-order chi connectivity index (χ1) is 15.2. The van der Waals surface area contributed by atoms with Crippen molar-refractivity contribution in [2.24, 2.45) is 17.8 Å². The number of benzene rings is 1. The molecule has 4 fully saturated rings. The highest BCUT2D eigenvalue weighted by Crippen LogP contribution is 2.60. The summed E-state index contributed by atoms with van der Waals surface area (Å²) in [6.07, 6.45) is 5.06. The fraction of sp³-hybridized carbons (Fsp3) is 0.600. The highest BCUT2D eigenvalue weighted by molar-refractivity contribution is 5.98. The van der Waals surface area contributed by atoms with E-state index < -0.39 is 0 Å². The van der Waals surface area contributed by atoms with Crippen molar-refractivity contribution >= 4 is 17.6 Å². The van der Waals surface area contributed by atoms with Crippen molar-refractivity contribution in [3.8, 4) is 0 Å². The van der Waals surface area contributed by atoms with E-state index in [4.69, 9.17) is 9.47 Å². The van der Waals surface area contributed by atoms with Crippen LogP contribution in [0.2, 0.25) is 0 Å². The van der Waals surface area contributed by atoms with E-state index in [-0.39, 0.29) is 24.0 Å². The first kappa shape index (κ1) is 18.4. The molecule has 1 saturated carbocycles. The van der Waals surface area contributed by atoms with Crippen molar-refractivity contribution in [2.45, 2.75) is 50.3 Å². The molecule has 162 valence electrons. The van der Waals surface area contributed by atoms with Crippen LogP contribution in [0.15, 0.2) is 29.8 Å². The number of rotatable bonds is 2. The zero-order valence-corrected chi connectivity index (χ0v) is 17.8. The topological polar surface area (TPSA) is 59.1 Å². The lowest BCUT2D eigenvalue weighted by molar-refractivity contribution is -0.138. The summed E-state index contributed by atoms with van der Waals surface area (Å²) >= 11 is 0. The van der Waals surface area contributed by atoms with E-state index in [1.54, 1.807) is 5.57 Å². The molecular formula is C25H28N2O4. The van der Waals surface area contributed by atoms with Gasteiger partial charge in [0.05, 0.1) is 31.3 Å². The summed E-state index contributed by atoms with van der Waals surface area (Å²) in [6, 6.07) is 6.57. The van der Waals surface area contributed by atoms with Crippen LogP contribution in [-0.4, -0.2) is 61.3 Å². The fourth-order valence-electron chi connectivity index (χ4n) is 7.94. The number of ether oxygens (including phenoxy) is 2. The molecule has 1 aromatic rings. The molecule has 2 bridgehead atoms. The van der Waals surface area contributed by atoms with E-state index in [9.17, 15) is 9.59 Å². The molecule has 1 aromatic carbocycles. The maximum Gasteiger partial charge on any atom is 0.338 e. The van der Waals surface area contributed by atoms with Crippen LogP contribution in [0.4, 0.5) is 5.69 Å². The van der Waals surface area contributed by atoms with Crippen LogP contribution in [-0.2, 0) is 14.3 Å². The van der Waals surface area contributed by atoms with Gasteiger partial charge in [0.2, 0.25) is 5.91 Å². The SMILES string of the molecule is CCOC(=O)c1ccc2c(c1)C1CCN3CC4=CCO[C@H]5CC(=O)N2[C@H]2C5[C@H]4C[C@H]3[C@H]12. The molecule has 6 nitrogen and oxygen atoms in total. The quantitative estimate of drug-likeness (QED) is 0.544. The molecule has 31 heavy (non-hydrogen) atoms. The van der Waals surface area contributed by atoms with E-state index in [2.05, 4.69) is 15.9 Å². The van der Waals surface area contributed by atoms with Crippen molar-refractivity contribution in [3.63, 3.8) is 0 Å². The summed E-state index contributed by atoms with van der Waals surface area (Å²) in [4.78, 5) is 30.7. The average molecular weight is 421 g/mol. The monoisotopic (exact) mass is 420 g/mol. The largest absolute Gasteiger partial charge is 0.462 e. The highest BCUT2D eigenvalue weighted by Gasteiger charge is 2.63. The van der Waals surface area contributed by atoms with Crippen LogP contribution >= 0.6 is 0 Å². The average Bonchev–Trinajstić information content (AvgIpc) is 2.96. The van der Waals surface area contributed by atoms with Crippen molar-refractivity contribution in [1.82, 2.24) is 4.90 Å². The molecule has 5 aliphatic heterocycles. The lowest BCUT2D eigenvalue weighted by Crippen LogP contribution is -2.72. The Bertz CT molecular complexity index is 1020. The second kappa shape index (κ2) is 6.42. The smallest absolute Gasteiger partial charge is 0.338 e. The van der Waals surface area contributed by atoms with Crippen LogP contribution < -0.4 is 4.90 Å². The van der Waals surface area contributed by atoms with Gasteiger partial charge in [-0.1, -0.05) is 11.6 Å². The maximum atomic E-state index is 13.5. The molecule has 6 heteroatoms. The van der Waals surface area contributed by atoms with Gasteiger partial charge in [0.15, 0.2) is 0 Å². The Morgan fingerprint density at radius 1 is 1.26 bits per heavy atom. The Hall–Kier alpha value is -2.18. The van der Waals surface area contributed by atoms with E-state index in [0.717, 1.165) is 25.2 Å². The fourth-order valence-corrected chi connectivity index (χ4v) is 7.94. The Balaban J connectivity index is 1.41. The second-order valence-corrected chi connectivity index (χ2v) is 10.0. The molecule has 0 aromatic heterocycles. The molecule has 1 aliphatic carbocycles. The van der Waals surface area contributed by atoms with Crippen molar-refractivity contribution in [3.05, 3.63) is 41.0 Å². The molecule has 7 atom stereocenters. The summed E-state index contributed by atoms with van der Waals surface area (Å²) in [5.74, 6) is 1.61. The normalized spacial score (nSPS) is 39.5. The highest BCUT2D eigenvalue weighted by atomic mass is 16.5. The van der Waals surface area contributed by atoms with Gasteiger partial charge in [0.1, 0.15) is 0 Å². The lowest BCUT2D eigenvalue weighted by Gasteiger charge is -2.65. The summed E-state index contributed by atoms with van der Waals surface area (Å²) < 4.78 is 11.6. The van der Waals surface area contributed by atoms with Gasteiger partial charge in [0.25, 0.3) is 0 Å². The van der Waals surface area contributed by atoms with E-state index in [0.29, 0.717) is 54.9 Å². The molecule has 5 heterocycles. The molecule has 3 saturated heterocycles. The predicted octanol–water partition coefficient (Wildman–Crippen LogP) is 2.73. The third-order valence-electron chi connectivity index (χ3n) is 8.94. The maximum absolute atomic E-state index is 13.5. The minimum absolute atomic E-state index is 0.0305. The summed E-state index contributed by atoms with van der Waals surface area (Å²) in [6.45, 7) is 4.97. The number of anilines is 1. The van der Waals surface area contributed by atoms with Gasteiger partial charge in [-0.25, -0.2) is 4.79 Å². The Kier molecular flexibility index (Phi) is 3.81. The number of nitrogens with zero attached hydrogens (tertiary/aromatic N) is 2. The molecule has 0 radical (unpaired) electrons. The molecule has 6 aliphatic rings. The van der Waals surface area contributed by atoms with Crippen molar-refractivity contribution in [2.75, 3.05) is 31.2 Å². The third kappa shape index (κ3) is 2.35. The molecule has 0 N–H and O–H groups in total. The van der Waals surface area contributed by atoms with Gasteiger partial charge in [-0.3, -0.25) is 9.69 Å². The van der Waals surface area contributed by atoms with Crippen LogP contribution in [0.3, 0.4) is 0 Å². The molecule has 2 unspecified atom stereocenters. The van der Waals surface area contributed by atoms with Gasteiger partial charge in [-0.15, -0.1) is 0 Å². The minimum atomic E-state index is -0.275. The lowest BCUT2D eigenvalue weighted by atomic mass is 9.53. The minimum Gasteiger partial charge on any atom is -0.462 e. The molecular weight excluding hydrogens is 392 g/mol. The Morgan fingerprint density at radius 2 is 2.16 bits per heavy atom. The van der Waals surface area contributed by atoms with Gasteiger partial charge in [-0.05, 0) is 61.9 Å². The van der Waals surface area contributed by atoms with E-state index in [1.807, 2.05) is 25.1 Å². The number of carbonyl (C=O) groups excluding carboxylic acids is 2. The molecule has 1 amide bonds. The first-order valence-corrected chi connectivity index (χ1v) is 11.8. The van der Waals surface area contributed by atoms with Crippen molar-refractivity contribution in [1.29, 1.82) is 0 Å². The second-order valence-electron chi connectivity index (χ2n) is 10.0. The van der Waals surface area contributed by atoms with Crippen LogP contribution in [0.1, 0.15) is 48.0 Å². The standard InChI is InChI=1S/C25H28N2O4/c1-2-30-25(29)13-3-4-18-17(9-13)15-5-7-26-12-14-6-8-31-20-11-21(28)27(18)24-22(15)19(26)10-16(14)23(20)24/h3-4,6,9,15-16,19-20,22-24H,2,5,7-8,10-12H2,1H3/t15?,16-,19-,20-,22-,23?,24+/m0/s1. The number of hydrogen-bond donors (Lipinski definition) is 0. The van der Waals surface area contributed by atoms with E-state index in [1.165, 1.54) is 12.0 Å². The van der Waals surface area contributed by atoms with Crippen LogP contribution in [0.25, 0.3) is 0 Å². The van der Waals surface area contributed by atoms with E-state index >= 15 is 0 Å². The Morgan fingerprint density at radius 3 is 3.03 bits per heavy atom. The van der Waals surface area contributed by atoms with Gasteiger partial charge < -0.3 is 14.4 Å². The number of hydrogen-bond acceptors (Lipinski definition) is 5. The Labute approximate surface area is 182 Å². The van der Waals surface area contributed by atoms with Gasteiger partial charge in [0, 0.05) is 36.2 Å². The van der Waals surface area contributed by atoms with Crippen molar-refractivity contribution < 1.29 is 19.1 Å². The zero-order chi connectivity index (χ0) is 20.9. The third-order valence-corrected chi connectivity index (χ3v) is 8.94.